The molecule has 1 aliphatic carbocycles. The van der Waals surface area contributed by atoms with Crippen molar-refractivity contribution < 1.29 is 19.0 Å². The van der Waals surface area contributed by atoms with Gasteiger partial charge in [-0.25, -0.2) is 9.97 Å². The molecule has 1 unspecified atom stereocenters. The first-order chi connectivity index (χ1) is 19.8. The van der Waals surface area contributed by atoms with Gasteiger partial charge in [-0.2, -0.15) is 0 Å². The normalized spacial score (nSPS) is 22.2. The summed E-state index contributed by atoms with van der Waals surface area (Å²) in [5.74, 6) is 6.72. The molecule has 3 aromatic rings. The Balaban J connectivity index is 1.16. The highest BCUT2D eigenvalue weighted by Gasteiger charge is 2.41. The van der Waals surface area contributed by atoms with E-state index in [2.05, 4.69) is 38.8 Å². The van der Waals surface area contributed by atoms with Gasteiger partial charge in [0.1, 0.15) is 12.7 Å². The topological polar surface area (TPSA) is 89.9 Å². The van der Waals surface area contributed by atoms with E-state index in [1.54, 1.807) is 18.3 Å². The zero-order valence-corrected chi connectivity index (χ0v) is 23.6. The number of anilines is 2. The Morgan fingerprint density at radius 3 is 2.78 bits per heavy atom. The van der Waals surface area contributed by atoms with Gasteiger partial charge in [0, 0.05) is 54.3 Å². The van der Waals surface area contributed by atoms with Gasteiger partial charge in [-0.15, -0.1) is 0 Å². The van der Waals surface area contributed by atoms with Gasteiger partial charge in [0.05, 0.1) is 24.0 Å². The van der Waals surface area contributed by atoms with Crippen LogP contribution < -0.4 is 14.5 Å². The minimum atomic E-state index is -0.606. The highest BCUT2D eigenvalue weighted by atomic mass is 16.7. The second kappa shape index (κ2) is 10.1. The van der Waals surface area contributed by atoms with Gasteiger partial charge >= 0.3 is 5.91 Å². The van der Waals surface area contributed by atoms with Crippen molar-refractivity contribution in [2.75, 3.05) is 36.1 Å². The molecule has 2 bridgehead atoms. The minimum Gasteiger partial charge on any atom is -0.475 e. The van der Waals surface area contributed by atoms with Gasteiger partial charge < -0.3 is 19.1 Å². The summed E-state index contributed by atoms with van der Waals surface area (Å²) in [5, 5.41) is 0. The lowest BCUT2D eigenvalue weighted by Crippen LogP contribution is -2.46. The molecule has 6 heterocycles. The van der Waals surface area contributed by atoms with E-state index in [4.69, 9.17) is 19.2 Å². The van der Waals surface area contributed by atoms with Crippen molar-refractivity contribution in [1.82, 2.24) is 15.0 Å². The summed E-state index contributed by atoms with van der Waals surface area (Å²) in [6.45, 7) is 8.25. The molecule has 3 fully saturated rings. The molecule has 0 aromatic carbocycles. The molecule has 2 saturated heterocycles. The van der Waals surface area contributed by atoms with Gasteiger partial charge in [0.15, 0.2) is 11.6 Å². The number of nitrogens with zero attached hydrogens (tertiary/aromatic N) is 5. The van der Waals surface area contributed by atoms with E-state index < -0.39 is 5.79 Å². The molecule has 1 saturated carbocycles. The number of hydrogen-bond acceptors (Lipinski definition) is 8. The molecular weight excluding hydrogens is 518 g/mol. The van der Waals surface area contributed by atoms with Crippen LogP contribution in [-0.2, 0) is 14.3 Å². The lowest BCUT2D eigenvalue weighted by atomic mass is 10.0. The molecule has 7 rings (SSSR count). The zero-order chi connectivity index (χ0) is 28.1. The molecule has 1 amide bonds. The van der Waals surface area contributed by atoms with E-state index >= 15 is 0 Å². The first kappa shape index (κ1) is 25.9. The van der Waals surface area contributed by atoms with Crippen molar-refractivity contribution >= 4 is 17.4 Å². The summed E-state index contributed by atoms with van der Waals surface area (Å²) in [6.07, 6.45) is 6.53. The number of carbonyl (C=O) groups is 1. The second-order valence-corrected chi connectivity index (χ2v) is 11.7. The quantitative estimate of drug-likeness (QED) is 0.436. The zero-order valence-electron chi connectivity index (χ0n) is 23.6. The van der Waals surface area contributed by atoms with Crippen LogP contribution >= 0.6 is 0 Å². The standard InChI is InChI=1S/C32H33N5O4/c1-20-14-23(9-12-33-20)30-26(22-5-6-22)16-27-31(35-30)37(24-10-13-36(27)17-24)29(38)7-4-21-8-11-34-28(15-21)39-18-25-19-40-32(2,3)41-25/h8-9,11-12,14-16,22,24-25H,5-6,10,13,17-19H2,1-3H3/t24?,25-/m0/s1. The number of pyridine rings is 3. The van der Waals surface area contributed by atoms with Crippen molar-refractivity contribution in [3.8, 4) is 29.0 Å². The third kappa shape index (κ3) is 5.25. The summed E-state index contributed by atoms with van der Waals surface area (Å²) >= 11 is 0. The predicted octanol–water partition coefficient (Wildman–Crippen LogP) is 4.23. The van der Waals surface area contributed by atoms with E-state index in [0.717, 1.165) is 42.1 Å². The summed E-state index contributed by atoms with van der Waals surface area (Å²) in [5.41, 5.74) is 5.88. The average Bonchev–Trinajstić information content (AvgIpc) is 3.63. The Morgan fingerprint density at radius 2 is 2.00 bits per heavy atom. The van der Waals surface area contributed by atoms with E-state index in [0.29, 0.717) is 36.4 Å². The van der Waals surface area contributed by atoms with Crippen molar-refractivity contribution in [3.05, 3.63) is 59.5 Å². The molecule has 9 nitrogen and oxygen atoms in total. The van der Waals surface area contributed by atoms with E-state index in [1.807, 2.05) is 37.9 Å². The molecular formula is C32H33N5O4. The Hall–Kier alpha value is -4.00. The average molecular weight is 552 g/mol. The van der Waals surface area contributed by atoms with Gasteiger partial charge in [0.25, 0.3) is 0 Å². The summed E-state index contributed by atoms with van der Waals surface area (Å²) in [4.78, 5) is 31.7. The van der Waals surface area contributed by atoms with Crippen LogP contribution in [-0.4, -0.2) is 65.1 Å². The first-order valence-corrected chi connectivity index (χ1v) is 14.3. The lowest BCUT2D eigenvalue weighted by Gasteiger charge is -2.35. The van der Waals surface area contributed by atoms with E-state index in [9.17, 15) is 4.79 Å². The molecule has 0 N–H and O–H groups in total. The van der Waals surface area contributed by atoms with Gasteiger partial charge in [0.2, 0.25) is 5.88 Å². The fraction of sp³-hybridized carbons (Fsp3) is 0.438. The monoisotopic (exact) mass is 551 g/mol. The number of rotatable bonds is 5. The Morgan fingerprint density at radius 1 is 1.15 bits per heavy atom. The largest absolute Gasteiger partial charge is 0.475 e. The van der Waals surface area contributed by atoms with Gasteiger partial charge in [-0.3, -0.25) is 14.7 Å². The van der Waals surface area contributed by atoms with Crippen molar-refractivity contribution in [1.29, 1.82) is 0 Å². The van der Waals surface area contributed by atoms with E-state index in [1.165, 1.54) is 18.4 Å². The molecule has 3 aromatic heterocycles. The number of aromatic nitrogens is 3. The van der Waals surface area contributed by atoms with E-state index in [-0.39, 0.29) is 18.1 Å². The van der Waals surface area contributed by atoms with Crippen LogP contribution in [0, 0.1) is 18.8 Å². The molecule has 0 radical (unpaired) electrons. The Bertz CT molecular complexity index is 1570. The third-order valence-electron chi connectivity index (χ3n) is 8.05. The fourth-order valence-corrected chi connectivity index (χ4v) is 5.93. The smallest absolute Gasteiger partial charge is 0.304 e. The SMILES string of the molecule is Cc1cc(-c2nc3c(cc2C2CC2)N2CCC(C2)N3C(=O)C#Cc2ccnc(OC[C@H]3COC(C)(C)O3)c2)ccn1. The lowest BCUT2D eigenvalue weighted by molar-refractivity contribution is -0.141. The summed E-state index contributed by atoms with van der Waals surface area (Å²) in [6, 6.07) is 9.91. The maximum atomic E-state index is 13.7. The molecule has 2 atom stereocenters. The molecule has 3 aliphatic heterocycles. The van der Waals surface area contributed by atoms with Crippen molar-refractivity contribution in [2.24, 2.45) is 0 Å². The number of amides is 1. The van der Waals surface area contributed by atoms with Crippen LogP contribution in [0.3, 0.4) is 0 Å². The molecule has 9 heteroatoms. The predicted molar refractivity (Wildman–Crippen MR) is 154 cm³/mol. The second-order valence-electron chi connectivity index (χ2n) is 11.7. The molecule has 210 valence electrons. The van der Waals surface area contributed by atoms with Crippen molar-refractivity contribution in [2.45, 2.75) is 63.9 Å². The highest BCUT2D eigenvalue weighted by Crippen LogP contribution is 2.49. The molecule has 0 spiro atoms. The Kier molecular flexibility index (Phi) is 6.40. The van der Waals surface area contributed by atoms with Crippen LogP contribution in [0.4, 0.5) is 11.5 Å². The van der Waals surface area contributed by atoms with Crippen LogP contribution in [0.1, 0.15) is 55.8 Å². The Labute approximate surface area is 239 Å². The maximum Gasteiger partial charge on any atom is 0.304 e. The number of carbonyl (C=O) groups excluding carboxylic acids is 1. The number of aryl methyl sites for hydroxylation is 1. The van der Waals surface area contributed by atoms with Crippen LogP contribution in [0.5, 0.6) is 5.88 Å². The summed E-state index contributed by atoms with van der Waals surface area (Å²) in [7, 11) is 0. The van der Waals surface area contributed by atoms with Gasteiger partial charge in [-0.1, -0.05) is 5.92 Å². The van der Waals surface area contributed by atoms with Crippen LogP contribution in [0.15, 0.2) is 42.7 Å². The molecule has 41 heavy (non-hydrogen) atoms. The highest BCUT2D eigenvalue weighted by molar-refractivity contribution is 6.08. The number of hydrogen-bond donors (Lipinski definition) is 0. The minimum absolute atomic E-state index is 0.0461. The third-order valence-corrected chi connectivity index (χ3v) is 8.05. The first-order valence-electron chi connectivity index (χ1n) is 14.3. The van der Waals surface area contributed by atoms with Crippen LogP contribution in [0.25, 0.3) is 11.3 Å². The summed E-state index contributed by atoms with van der Waals surface area (Å²) < 4.78 is 17.2. The fourth-order valence-electron chi connectivity index (χ4n) is 5.93. The van der Waals surface area contributed by atoms with Crippen LogP contribution in [0.2, 0.25) is 0 Å². The van der Waals surface area contributed by atoms with Gasteiger partial charge in [-0.05, 0) is 75.8 Å². The number of ether oxygens (including phenoxy) is 3. The number of fused-ring (bicyclic) bond motifs is 4. The maximum absolute atomic E-state index is 13.7. The molecule has 4 aliphatic rings. The van der Waals surface area contributed by atoms with Crippen molar-refractivity contribution in [3.63, 3.8) is 0 Å².